The van der Waals surface area contributed by atoms with Gasteiger partial charge >= 0.3 is 0 Å². The van der Waals surface area contributed by atoms with Crippen LogP contribution in [-0.4, -0.2) is 27.7 Å². The lowest BCUT2D eigenvalue weighted by atomic mass is 10.1. The predicted molar refractivity (Wildman–Crippen MR) is 72.6 cm³/mol. The number of aromatic nitrogens is 2. The molecule has 1 aromatic heterocycles. The third-order valence-electron chi connectivity index (χ3n) is 3.66. The van der Waals surface area contributed by atoms with Gasteiger partial charge in [0, 0.05) is 18.3 Å². The minimum absolute atomic E-state index is 0.0129. The van der Waals surface area contributed by atoms with Crippen LogP contribution in [0.3, 0.4) is 0 Å². The number of hydrogen-bond donors (Lipinski definition) is 1. The Hall–Kier alpha value is -1.16. The van der Waals surface area contributed by atoms with Crippen molar-refractivity contribution in [2.45, 2.75) is 58.6 Å². The van der Waals surface area contributed by atoms with Crippen molar-refractivity contribution >= 4 is 5.95 Å². The fraction of sp³-hybridized carbons (Fsp3) is 0.714. The summed E-state index contributed by atoms with van der Waals surface area (Å²) in [5.41, 5.74) is 1.65. The summed E-state index contributed by atoms with van der Waals surface area (Å²) in [6.45, 7) is 5.21. The van der Waals surface area contributed by atoms with E-state index in [-0.39, 0.29) is 6.61 Å². The van der Waals surface area contributed by atoms with Crippen molar-refractivity contribution in [3.8, 4) is 0 Å². The van der Waals surface area contributed by atoms with Crippen molar-refractivity contribution in [3.63, 3.8) is 0 Å². The molecule has 2 rings (SSSR count). The van der Waals surface area contributed by atoms with Crippen molar-refractivity contribution in [2.75, 3.05) is 11.4 Å². The van der Waals surface area contributed by atoms with Crippen LogP contribution in [-0.2, 0) is 6.61 Å². The molecule has 1 atom stereocenters. The molecule has 4 heteroatoms. The highest BCUT2D eigenvalue weighted by atomic mass is 16.3. The maximum Gasteiger partial charge on any atom is 0.226 e. The zero-order valence-electron chi connectivity index (χ0n) is 11.4. The molecular formula is C14H23N3O. The van der Waals surface area contributed by atoms with Crippen molar-refractivity contribution in [1.82, 2.24) is 9.97 Å². The molecule has 1 fully saturated rings. The third kappa shape index (κ3) is 2.99. The number of aryl methyl sites for hydroxylation is 1. The average Bonchev–Trinajstić information content (AvgIpc) is 2.62. The van der Waals surface area contributed by atoms with E-state index in [9.17, 15) is 5.11 Å². The van der Waals surface area contributed by atoms with Crippen molar-refractivity contribution in [1.29, 1.82) is 0 Å². The summed E-state index contributed by atoms with van der Waals surface area (Å²) in [7, 11) is 0. The third-order valence-corrected chi connectivity index (χ3v) is 3.66. The molecule has 1 aliphatic heterocycles. The molecule has 0 amide bonds. The van der Waals surface area contributed by atoms with Gasteiger partial charge in [0.05, 0.1) is 12.3 Å². The summed E-state index contributed by atoms with van der Waals surface area (Å²) in [5.74, 6) is 0.799. The fourth-order valence-corrected chi connectivity index (χ4v) is 2.69. The van der Waals surface area contributed by atoms with Gasteiger partial charge in [-0.3, -0.25) is 0 Å². The lowest BCUT2D eigenvalue weighted by molar-refractivity contribution is 0.276. The molecule has 0 bridgehead atoms. The van der Waals surface area contributed by atoms with Crippen LogP contribution in [0.4, 0.5) is 5.95 Å². The van der Waals surface area contributed by atoms with E-state index in [1.54, 1.807) is 0 Å². The second-order valence-corrected chi connectivity index (χ2v) is 5.06. The Morgan fingerprint density at radius 3 is 2.89 bits per heavy atom. The molecule has 1 aromatic rings. The summed E-state index contributed by atoms with van der Waals surface area (Å²) in [4.78, 5) is 11.4. The smallest absolute Gasteiger partial charge is 0.226 e. The van der Waals surface area contributed by atoms with Crippen molar-refractivity contribution in [3.05, 3.63) is 17.5 Å². The summed E-state index contributed by atoms with van der Waals surface area (Å²) >= 11 is 0. The second-order valence-electron chi connectivity index (χ2n) is 5.06. The molecule has 0 aliphatic carbocycles. The second kappa shape index (κ2) is 6.14. The van der Waals surface area contributed by atoms with Crippen LogP contribution in [0.25, 0.3) is 0 Å². The highest BCUT2D eigenvalue weighted by molar-refractivity contribution is 5.34. The fourth-order valence-electron chi connectivity index (χ4n) is 2.69. The lowest BCUT2D eigenvalue weighted by Crippen LogP contribution is -2.36. The molecule has 100 valence electrons. The van der Waals surface area contributed by atoms with E-state index < -0.39 is 0 Å². The normalized spacial score (nSPS) is 20.8. The zero-order valence-corrected chi connectivity index (χ0v) is 11.4. The number of anilines is 1. The van der Waals surface area contributed by atoms with Crippen LogP contribution < -0.4 is 4.90 Å². The molecule has 0 spiro atoms. The molecule has 1 N–H and O–H groups in total. The summed E-state index contributed by atoms with van der Waals surface area (Å²) < 4.78 is 0. The average molecular weight is 249 g/mol. The molecule has 1 saturated heterocycles. The number of aliphatic hydroxyl groups is 1. The standard InChI is InChI=1S/C14H23N3O/c1-3-13-7-5-4-6-8-17(13)14-15-11(2)9-12(10-18)16-14/h9,13,18H,3-8,10H2,1-2H3. The molecule has 0 aromatic carbocycles. The number of hydrogen-bond acceptors (Lipinski definition) is 4. The van der Waals surface area contributed by atoms with E-state index in [0.717, 1.165) is 30.3 Å². The highest BCUT2D eigenvalue weighted by Crippen LogP contribution is 2.23. The maximum absolute atomic E-state index is 9.25. The largest absolute Gasteiger partial charge is 0.390 e. The molecule has 18 heavy (non-hydrogen) atoms. The highest BCUT2D eigenvalue weighted by Gasteiger charge is 2.22. The first-order valence-electron chi connectivity index (χ1n) is 6.96. The van der Waals surface area contributed by atoms with Gasteiger partial charge in [-0.15, -0.1) is 0 Å². The summed E-state index contributed by atoms with van der Waals surface area (Å²) in [6, 6.07) is 2.39. The van der Waals surface area contributed by atoms with E-state index in [4.69, 9.17) is 0 Å². The van der Waals surface area contributed by atoms with Crippen LogP contribution >= 0.6 is 0 Å². The summed E-state index contributed by atoms with van der Waals surface area (Å²) in [6.07, 6.45) is 6.16. The molecule has 0 saturated carbocycles. The van der Waals surface area contributed by atoms with Crippen LogP contribution in [0.15, 0.2) is 6.07 Å². The van der Waals surface area contributed by atoms with Gasteiger partial charge in [-0.1, -0.05) is 19.8 Å². The Morgan fingerprint density at radius 1 is 1.33 bits per heavy atom. The van der Waals surface area contributed by atoms with Crippen molar-refractivity contribution in [2.24, 2.45) is 0 Å². The predicted octanol–water partition coefficient (Wildman–Crippen LogP) is 2.44. The number of rotatable bonds is 3. The van der Waals surface area contributed by atoms with E-state index in [2.05, 4.69) is 21.8 Å². The van der Waals surface area contributed by atoms with Crippen LogP contribution in [0, 0.1) is 6.92 Å². The van der Waals surface area contributed by atoms with E-state index in [1.807, 2.05) is 13.0 Å². The minimum Gasteiger partial charge on any atom is -0.390 e. The Balaban J connectivity index is 2.29. The molecule has 0 radical (unpaired) electrons. The number of aliphatic hydroxyl groups excluding tert-OH is 1. The number of nitrogens with zero attached hydrogens (tertiary/aromatic N) is 3. The van der Waals surface area contributed by atoms with Gasteiger partial charge in [-0.05, 0) is 32.3 Å². The summed E-state index contributed by atoms with van der Waals surface area (Å²) in [5, 5.41) is 9.25. The molecule has 1 aliphatic rings. The Bertz CT molecular complexity index is 395. The van der Waals surface area contributed by atoms with E-state index in [1.165, 1.54) is 25.7 Å². The topological polar surface area (TPSA) is 49.2 Å². The molecule has 1 unspecified atom stereocenters. The van der Waals surface area contributed by atoms with Gasteiger partial charge < -0.3 is 10.0 Å². The maximum atomic E-state index is 9.25. The van der Waals surface area contributed by atoms with Gasteiger partial charge in [0.1, 0.15) is 0 Å². The van der Waals surface area contributed by atoms with Gasteiger partial charge in [0.2, 0.25) is 5.95 Å². The molecule has 4 nitrogen and oxygen atoms in total. The van der Waals surface area contributed by atoms with Crippen LogP contribution in [0.5, 0.6) is 0 Å². The van der Waals surface area contributed by atoms with Crippen molar-refractivity contribution < 1.29 is 5.11 Å². The molecule has 2 heterocycles. The quantitative estimate of drug-likeness (QED) is 0.894. The van der Waals surface area contributed by atoms with Gasteiger partial charge in [0.25, 0.3) is 0 Å². The lowest BCUT2D eigenvalue weighted by Gasteiger charge is -2.29. The Kier molecular flexibility index (Phi) is 4.53. The zero-order chi connectivity index (χ0) is 13.0. The first-order chi connectivity index (χ1) is 8.74. The Labute approximate surface area is 109 Å². The van der Waals surface area contributed by atoms with Gasteiger partial charge in [0.15, 0.2) is 0 Å². The van der Waals surface area contributed by atoms with Gasteiger partial charge in [-0.25, -0.2) is 9.97 Å². The van der Waals surface area contributed by atoms with Crippen LogP contribution in [0.2, 0.25) is 0 Å². The first kappa shape index (κ1) is 13.3. The minimum atomic E-state index is -0.0129. The van der Waals surface area contributed by atoms with E-state index in [0.29, 0.717) is 6.04 Å². The SMILES string of the molecule is CCC1CCCCCN1c1nc(C)cc(CO)n1. The monoisotopic (exact) mass is 249 g/mol. The Morgan fingerprint density at radius 2 is 2.17 bits per heavy atom. The first-order valence-corrected chi connectivity index (χ1v) is 6.96. The van der Waals surface area contributed by atoms with E-state index >= 15 is 0 Å². The van der Waals surface area contributed by atoms with Crippen LogP contribution in [0.1, 0.15) is 50.4 Å². The molecular weight excluding hydrogens is 226 g/mol. The van der Waals surface area contributed by atoms with Gasteiger partial charge in [-0.2, -0.15) is 0 Å².